The number of carbonyl (C=O) groups excluding carboxylic acids is 1. The van der Waals surface area contributed by atoms with E-state index in [-0.39, 0.29) is 17.0 Å². The molecule has 0 bridgehead atoms. The van der Waals surface area contributed by atoms with Gasteiger partial charge in [-0.3, -0.25) is 4.79 Å². The van der Waals surface area contributed by atoms with Crippen LogP contribution in [0.25, 0.3) is 0 Å². The van der Waals surface area contributed by atoms with Crippen LogP contribution in [-0.4, -0.2) is 10.5 Å². The van der Waals surface area contributed by atoms with Crippen LogP contribution >= 0.6 is 27.5 Å². The molecule has 106 valence electrons. The van der Waals surface area contributed by atoms with Crippen LogP contribution in [0, 0.1) is 5.82 Å². The van der Waals surface area contributed by atoms with Gasteiger partial charge < -0.3 is 9.88 Å². The maximum Gasteiger partial charge on any atom is 0.272 e. The van der Waals surface area contributed by atoms with E-state index in [1.54, 1.807) is 6.07 Å². The first kappa shape index (κ1) is 15.1. The van der Waals surface area contributed by atoms with Crippen LogP contribution in [-0.2, 0) is 0 Å². The van der Waals surface area contributed by atoms with Gasteiger partial charge in [-0.15, -0.1) is 0 Å². The molecule has 2 aromatic rings. The zero-order chi connectivity index (χ0) is 14.9. The number of anilines is 1. The van der Waals surface area contributed by atoms with Crippen molar-refractivity contribution in [1.82, 2.24) is 4.57 Å². The second kappa shape index (κ2) is 5.97. The Morgan fingerprint density at radius 2 is 2.05 bits per heavy atom. The van der Waals surface area contributed by atoms with E-state index in [1.165, 1.54) is 18.2 Å². The largest absolute Gasteiger partial charge is 0.340 e. The summed E-state index contributed by atoms with van der Waals surface area (Å²) >= 11 is 9.11. The monoisotopic (exact) mass is 358 g/mol. The van der Waals surface area contributed by atoms with Gasteiger partial charge in [-0.05, 0) is 54.0 Å². The Hall–Kier alpha value is -1.33. The highest BCUT2D eigenvalue weighted by atomic mass is 79.9. The molecule has 0 saturated carbocycles. The third-order valence-electron chi connectivity index (χ3n) is 2.72. The third-order valence-corrected chi connectivity index (χ3v) is 3.38. The summed E-state index contributed by atoms with van der Waals surface area (Å²) < 4.78 is 15.9. The van der Waals surface area contributed by atoms with Crippen molar-refractivity contribution in [2.24, 2.45) is 0 Å². The molecule has 0 aliphatic rings. The van der Waals surface area contributed by atoms with Gasteiger partial charge in [0.1, 0.15) is 11.5 Å². The molecule has 6 heteroatoms. The number of halogens is 3. The molecule has 1 aromatic heterocycles. The van der Waals surface area contributed by atoms with Crippen LogP contribution in [0.2, 0.25) is 5.02 Å². The van der Waals surface area contributed by atoms with Gasteiger partial charge in [-0.2, -0.15) is 0 Å². The second-order valence-corrected chi connectivity index (χ2v) is 6.01. The fraction of sp³-hybridized carbons (Fsp3) is 0.214. The molecular formula is C14H13BrClFN2O. The molecule has 1 N–H and O–H groups in total. The zero-order valence-corrected chi connectivity index (χ0v) is 13.3. The SMILES string of the molecule is CC(C)n1cc(Br)cc1C(=O)Nc1cc(F)cc(Cl)c1. The lowest BCUT2D eigenvalue weighted by Crippen LogP contribution is -2.17. The Morgan fingerprint density at radius 3 is 2.65 bits per heavy atom. The van der Waals surface area contributed by atoms with Gasteiger partial charge in [0.25, 0.3) is 5.91 Å². The molecule has 3 nitrogen and oxygen atoms in total. The van der Waals surface area contributed by atoms with E-state index in [4.69, 9.17) is 11.6 Å². The number of carbonyl (C=O) groups is 1. The van der Waals surface area contributed by atoms with Crippen molar-refractivity contribution in [3.63, 3.8) is 0 Å². The molecule has 0 atom stereocenters. The Morgan fingerprint density at radius 1 is 1.35 bits per heavy atom. The van der Waals surface area contributed by atoms with E-state index < -0.39 is 5.82 Å². The number of nitrogens with one attached hydrogen (secondary N) is 1. The van der Waals surface area contributed by atoms with Crippen LogP contribution in [0.15, 0.2) is 34.9 Å². The third kappa shape index (κ3) is 3.41. The van der Waals surface area contributed by atoms with E-state index in [0.717, 1.165) is 4.47 Å². The van der Waals surface area contributed by atoms with Gasteiger partial charge in [0, 0.05) is 27.4 Å². The average Bonchev–Trinajstić information content (AvgIpc) is 2.70. The number of aromatic nitrogens is 1. The summed E-state index contributed by atoms with van der Waals surface area (Å²) in [6.07, 6.45) is 1.83. The van der Waals surface area contributed by atoms with E-state index in [9.17, 15) is 9.18 Å². The quantitative estimate of drug-likeness (QED) is 0.833. The van der Waals surface area contributed by atoms with Crippen molar-refractivity contribution in [2.75, 3.05) is 5.32 Å². The highest BCUT2D eigenvalue weighted by Gasteiger charge is 2.15. The number of hydrogen-bond donors (Lipinski definition) is 1. The molecule has 0 unspecified atom stereocenters. The summed E-state index contributed by atoms with van der Waals surface area (Å²) in [4.78, 5) is 12.3. The Bertz CT molecular complexity index is 634. The zero-order valence-electron chi connectivity index (χ0n) is 11.0. The molecule has 0 saturated heterocycles. The number of rotatable bonds is 3. The molecule has 0 spiro atoms. The summed E-state index contributed by atoms with van der Waals surface area (Å²) in [5, 5.41) is 2.88. The van der Waals surface area contributed by atoms with Crippen molar-refractivity contribution in [2.45, 2.75) is 19.9 Å². The summed E-state index contributed by atoms with van der Waals surface area (Å²) in [5.41, 5.74) is 0.819. The smallest absolute Gasteiger partial charge is 0.272 e. The van der Waals surface area contributed by atoms with E-state index >= 15 is 0 Å². The summed E-state index contributed by atoms with van der Waals surface area (Å²) in [6, 6.07) is 5.76. The highest BCUT2D eigenvalue weighted by molar-refractivity contribution is 9.10. The van der Waals surface area contributed by atoms with Gasteiger partial charge in [-0.25, -0.2) is 4.39 Å². The molecule has 0 aliphatic carbocycles. The lowest BCUT2D eigenvalue weighted by atomic mass is 10.3. The van der Waals surface area contributed by atoms with Crippen molar-refractivity contribution in [1.29, 1.82) is 0 Å². The van der Waals surface area contributed by atoms with E-state index in [1.807, 2.05) is 24.6 Å². The van der Waals surface area contributed by atoms with E-state index in [0.29, 0.717) is 11.4 Å². The maximum absolute atomic E-state index is 13.2. The van der Waals surface area contributed by atoms with Gasteiger partial charge in [0.2, 0.25) is 0 Å². The molecule has 1 aromatic carbocycles. The van der Waals surface area contributed by atoms with Gasteiger partial charge >= 0.3 is 0 Å². The van der Waals surface area contributed by atoms with Crippen molar-refractivity contribution < 1.29 is 9.18 Å². The topological polar surface area (TPSA) is 34.0 Å². The van der Waals surface area contributed by atoms with Crippen molar-refractivity contribution >= 4 is 39.1 Å². The molecule has 2 rings (SSSR count). The van der Waals surface area contributed by atoms with Crippen LogP contribution in [0.1, 0.15) is 30.4 Å². The Labute approximate surface area is 129 Å². The van der Waals surface area contributed by atoms with Gasteiger partial charge in [0.15, 0.2) is 0 Å². The molecule has 0 fully saturated rings. The Kier molecular flexibility index (Phi) is 4.50. The first-order valence-corrected chi connectivity index (χ1v) is 7.18. The van der Waals surface area contributed by atoms with Crippen LogP contribution < -0.4 is 5.32 Å². The molecule has 1 heterocycles. The predicted octanol–water partition coefficient (Wildman–Crippen LogP) is 4.88. The average molecular weight is 360 g/mol. The first-order valence-electron chi connectivity index (χ1n) is 6.01. The number of hydrogen-bond acceptors (Lipinski definition) is 1. The normalized spacial score (nSPS) is 10.9. The molecule has 1 amide bonds. The number of nitrogens with zero attached hydrogens (tertiary/aromatic N) is 1. The summed E-state index contributed by atoms with van der Waals surface area (Å²) in [7, 11) is 0. The van der Waals surface area contributed by atoms with E-state index in [2.05, 4.69) is 21.2 Å². The van der Waals surface area contributed by atoms with Crippen LogP contribution in [0.4, 0.5) is 10.1 Å². The van der Waals surface area contributed by atoms with Crippen LogP contribution in [0.5, 0.6) is 0 Å². The molecule has 0 radical (unpaired) electrons. The minimum atomic E-state index is -0.492. The van der Waals surface area contributed by atoms with Crippen molar-refractivity contribution in [3.8, 4) is 0 Å². The fourth-order valence-electron chi connectivity index (χ4n) is 1.88. The lowest BCUT2D eigenvalue weighted by Gasteiger charge is -2.13. The van der Waals surface area contributed by atoms with Crippen molar-refractivity contribution in [3.05, 3.63) is 51.5 Å². The fourth-order valence-corrected chi connectivity index (χ4v) is 2.54. The first-order chi connectivity index (χ1) is 9.36. The van der Waals surface area contributed by atoms with Crippen LogP contribution in [0.3, 0.4) is 0 Å². The molecular weight excluding hydrogens is 347 g/mol. The minimum absolute atomic E-state index is 0.137. The number of amides is 1. The van der Waals surface area contributed by atoms with Gasteiger partial charge in [-0.1, -0.05) is 11.6 Å². The summed E-state index contributed by atoms with van der Waals surface area (Å²) in [6.45, 7) is 3.95. The summed E-state index contributed by atoms with van der Waals surface area (Å²) in [5.74, 6) is -0.806. The maximum atomic E-state index is 13.2. The molecule has 20 heavy (non-hydrogen) atoms. The minimum Gasteiger partial charge on any atom is -0.340 e. The Balaban J connectivity index is 2.28. The highest BCUT2D eigenvalue weighted by Crippen LogP contribution is 2.22. The number of benzene rings is 1. The second-order valence-electron chi connectivity index (χ2n) is 4.66. The van der Waals surface area contributed by atoms with Gasteiger partial charge in [0.05, 0.1) is 0 Å². The standard InChI is InChI=1S/C14H13BrClFN2O/c1-8(2)19-7-9(15)3-13(19)14(20)18-12-5-10(16)4-11(17)6-12/h3-8H,1-2H3,(H,18,20). The lowest BCUT2D eigenvalue weighted by molar-refractivity contribution is 0.101. The molecule has 0 aliphatic heterocycles. The predicted molar refractivity (Wildman–Crippen MR) is 81.9 cm³/mol.